The zero-order valence-electron chi connectivity index (χ0n) is 25.3. The molecular formula is C31H36ClN5O6S. The SMILES string of the molecule is COC(=O)[C@H]1CCC(N2Cc3cc(OC(C)C)c(Nc4ncc(Cl)c(Nc5ccccc5S(=O)(=O)C(C)C)n4)cc3C2=O)C1. The lowest BCUT2D eigenvalue weighted by molar-refractivity contribution is -0.145. The van der Waals surface area contributed by atoms with E-state index < -0.39 is 15.1 Å². The van der Waals surface area contributed by atoms with E-state index in [-0.39, 0.29) is 51.6 Å². The van der Waals surface area contributed by atoms with Crippen molar-refractivity contribution < 1.29 is 27.5 Å². The third kappa shape index (κ3) is 6.32. The molecule has 1 aliphatic carbocycles. The first-order valence-electron chi connectivity index (χ1n) is 14.5. The van der Waals surface area contributed by atoms with Crippen LogP contribution in [0.3, 0.4) is 0 Å². The summed E-state index contributed by atoms with van der Waals surface area (Å²) < 4.78 is 37.0. The van der Waals surface area contributed by atoms with Crippen LogP contribution in [0.25, 0.3) is 0 Å². The van der Waals surface area contributed by atoms with Gasteiger partial charge in [-0.3, -0.25) is 9.59 Å². The van der Waals surface area contributed by atoms with Gasteiger partial charge in [0.1, 0.15) is 10.8 Å². The minimum Gasteiger partial charge on any atom is -0.489 e. The second-order valence-corrected chi connectivity index (χ2v) is 14.4. The van der Waals surface area contributed by atoms with Gasteiger partial charge in [-0.25, -0.2) is 13.4 Å². The molecule has 2 aromatic carbocycles. The molecule has 11 nitrogen and oxygen atoms in total. The van der Waals surface area contributed by atoms with Crippen LogP contribution in [0, 0.1) is 5.92 Å². The van der Waals surface area contributed by atoms with Crippen molar-refractivity contribution in [2.75, 3.05) is 17.7 Å². The van der Waals surface area contributed by atoms with E-state index in [1.54, 1.807) is 38.1 Å². The van der Waals surface area contributed by atoms with Gasteiger partial charge in [-0.05, 0) is 76.8 Å². The van der Waals surface area contributed by atoms with Gasteiger partial charge in [0.25, 0.3) is 5.91 Å². The lowest BCUT2D eigenvalue weighted by Gasteiger charge is -2.23. The fourth-order valence-electron chi connectivity index (χ4n) is 5.56. The Morgan fingerprint density at radius 1 is 1.09 bits per heavy atom. The van der Waals surface area contributed by atoms with Gasteiger partial charge in [-0.1, -0.05) is 23.7 Å². The maximum atomic E-state index is 13.6. The summed E-state index contributed by atoms with van der Waals surface area (Å²) >= 11 is 6.42. The van der Waals surface area contributed by atoms with Crippen LogP contribution in [0.2, 0.25) is 5.02 Å². The van der Waals surface area contributed by atoms with Crippen molar-refractivity contribution >= 4 is 56.5 Å². The summed E-state index contributed by atoms with van der Waals surface area (Å²) in [5, 5.41) is 5.78. The van der Waals surface area contributed by atoms with Crippen molar-refractivity contribution in [2.24, 2.45) is 5.92 Å². The molecule has 5 rings (SSSR count). The Morgan fingerprint density at radius 3 is 2.55 bits per heavy atom. The van der Waals surface area contributed by atoms with Crippen molar-refractivity contribution in [3.05, 3.63) is 58.7 Å². The average molecular weight is 642 g/mol. The van der Waals surface area contributed by atoms with Gasteiger partial charge in [0, 0.05) is 18.2 Å². The number of halogens is 1. The van der Waals surface area contributed by atoms with Crippen LogP contribution in [0.5, 0.6) is 5.75 Å². The second kappa shape index (κ2) is 12.6. The molecule has 1 saturated carbocycles. The Kier molecular flexibility index (Phi) is 9.03. The van der Waals surface area contributed by atoms with E-state index >= 15 is 0 Å². The van der Waals surface area contributed by atoms with E-state index in [1.807, 2.05) is 24.8 Å². The zero-order valence-corrected chi connectivity index (χ0v) is 26.8. The number of aromatic nitrogens is 2. The zero-order chi connectivity index (χ0) is 31.8. The summed E-state index contributed by atoms with van der Waals surface area (Å²) in [6, 6.07) is 10.1. The lowest BCUT2D eigenvalue weighted by atomic mass is 10.1. The Morgan fingerprint density at radius 2 is 1.84 bits per heavy atom. The highest BCUT2D eigenvalue weighted by atomic mass is 35.5. The lowest BCUT2D eigenvalue weighted by Crippen LogP contribution is -2.34. The van der Waals surface area contributed by atoms with E-state index in [1.165, 1.54) is 19.4 Å². The number of nitrogens with one attached hydrogen (secondary N) is 2. The number of amides is 1. The van der Waals surface area contributed by atoms with Crippen molar-refractivity contribution in [2.45, 2.75) is 75.8 Å². The van der Waals surface area contributed by atoms with Crippen LogP contribution >= 0.6 is 11.6 Å². The van der Waals surface area contributed by atoms with Crippen LogP contribution in [0.15, 0.2) is 47.5 Å². The Hall–Kier alpha value is -3.90. The number of hydrogen-bond donors (Lipinski definition) is 2. The Labute approximate surface area is 262 Å². The standard InChI is InChI=1S/C31H36ClN5O6S/c1-17(2)43-26-13-20-16-37(21-11-10-19(12-21)30(39)42-5)29(38)22(20)14-25(26)35-31-33-15-23(32)28(36-31)34-24-8-6-7-9-27(24)44(40,41)18(3)4/h6-9,13-15,17-19,21H,10-12,16H2,1-5H3,(H2,33,34,35,36)/t19-,21?/m0/s1. The first-order valence-corrected chi connectivity index (χ1v) is 16.4. The number of anilines is 4. The highest BCUT2D eigenvalue weighted by Gasteiger charge is 2.40. The smallest absolute Gasteiger partial charge is 0.308 e. The summed E-state index contributed by atoms with van der Waals surface area (Å²) in [7, 11) is -2.20. The van der Waals surface area contributed by atoms with E-state index in [0.717, 1.165) is 12.0 Å². The molecule has 2 aliphatic rings. The van der Waals surface area contributed by atoms with E-state index in [0.29, 0.717) is 42.1 Å². The third-order valence-corrected chi connectivity index (χ3v) is 10.3. The van der Waals surface area contributed by atoms with Crippen LogP contribution < -0.4 is 15.4 Å². The minimum atomic E-state index is -3.59. The molecule has 2 atom stereocenters. The molecule has 3 aromatic rings. The number of methoxy groups -OCH3 is 1. The fourth-order valence-corrected chi connectivity index (χ4v) is 6.90. The van der Waals surface area contributed by atoms with Gasteiger partial charge < -0.3 is 25.0 Å². The second-order valence-electron chi connectivity index (χ2n) is 11.5. The molecular weight excluding hydrogens is 606 g/mol. The summed E-state index contributed by atoms with van der Waals surface area (Å²) in [5.41, 5.74) is 2.19. The number of carbonyl (C=O) groups is 2. The number of fused-ring (bicyclic) bond motifs is 1. The number of sulfone groups is 1. The molecule has 2 N–H and O–H groups in total. The summed E-state index contributed by atoms with van der Waals surface area (Å²) in [6.07, 6.45) is 3.24. The quantitative estimate of drug-likeness (QED) is 0.258. The highest BCUT2D eigenvalue weighted by Crippen LogP contribution is 2.40. The Balaban J connectivity index is 1.43. The molecule has 234 valence electrons. The molecule has 0 bridgehead atoms. The number of ether oxygens (including phenoxy) is 2. The molecule has 2 heterocycles. The third-order valence-electron chi connectivity index (χ3n) is 7.84. The number of rotatable bonds is 10. The first kappa shape index (κ1) is 31.5. The molecule has 0 radical (unpaired) electrons. The molecule has 0 spiro atoms. The predicted molar refractivity (Wildman–Crippen MR) is 168 cm³/mol. The predicted octanol–water partition coefficient (Wildman–Crippen LogP) is 5.88. The molecule has 44 heavy (non-hydrogen) atoms. The number of para-hydroxylation sites is 1. The van der Waals surface area contributed by atoms with Gasteiger partial charge in [-0.2, -0.15) is 4.98 Å². The van der Waals surface area contributed by atoms with Gasteiger partial charge >= 0.3 is 5.97 Å². The van der Waals surface area contributed by atoms with Crippen molar-refractivity contribution in [1.82, 2.24) is 14.9 Å². The normalized spacial score (nSPS) is 18.1. The monoisotopic (exact) mass is 641 g/mol. The molecule has 0 saturated heterocycles. The van der Waals surface area contributed by atoms with Crippen LogP contribution in [-0.4, -0.2) is 59.7 Å². The largest absolute Gasteiger partial charge is 0.489 e. The van der Waals surface area contributed by atoms with Crippen LogP contribution in [0.1, 0.15) is 62.9 Å². The first-order chi connectivity index (χ1) is 20.9. The maximum absolute atomic E-state index is 13.6. The van der Waals surface area contributed by atoms with Gasteiger partial charge in [0.2, 0.25) is 5.95 Å². The van der Waals surface area contributed by atoms with Crippen molar-refractivity contribution in [3.8, 4) is 5.75 Å². The van der Waals surface area contributed by atoms with Crippen LogP contribution in [-0.2, 0) is 25.9 Å². The fraction of sp³-hybridized carbons (Fsp3) is 0.419. The molecule has 1 fully saturated rings. The van der Waals surface area contributed by atoms with Crippen LogP contribution in [0.4, 0.5) is 23.1 Å². The molecule has 13 heteroatoms. The van der Waals surface area contributed by atoms with Gasteiger partial charge in [0.15, 0.2) is 15.7 Å². The van der Waals surface area contributed by atoms with Crippen molar-refractivity contribution in [3.63, 3.8) is 0 Å². The van der Waals surface area contributed by atoms with E-state index in [9.17, 15) is 18.0 Å². The summed E-state index contributed by atoms with van der Waals surface area (Å²) in [5.74, 6) is 0.324. The van der Waals surface area contributed by atoms with Gasteiger partial charge in [-0.15, -0.1) is 0 Å². The molecule has 1 aromatic heterocycles. The summed E-state index contributed by atoms with van der Waals surface area (Å²) in [4.78, 5) is 36.4. The number of hydrogen-bond acceptors (Lipinski definition) is 10. The van der Waals surface area contributed by atoms with Crippen molar-refractivity contribution in [1.29, 1.82) is 0 Å². The molecule has 1 amide bonds. The Bertz CT molecular complexity index is 1700. The average Bonchev–Trinajstić information content (AvgIpc) is 3.59. The van der Waals surface area contributed by atoms with E-state index in [2.05, 4.69) is 20.6 Å². The number of esters is 1. The minimum absolute atomic E-state index is 0.0551. The number of carbonyl (C=O) groups excluding carboxylic acids is 2. The maximum Gasteiger partial charge on any atom is 0.308 e. The summed E-state index contributed by atoms with van der Waals surface area (Å²) in [6.45, 7) is 7.48. The van der Waals surface area contributed by atoms with E-state index in [4.69, 9.17) is 21.1 Å². The molecule has 1 unspecified atom stereocenters. The topological polar surface area (TPSA) is 140 Å². The number of benzene rings is 2. The molecule has 1 aliphatic heterocycles. The number of nitrogens with zero attached hydrogens (tertiary/aromatic N) is 3. The highest BCUT2D eigenvalue weighted by molar-refractivity contribution is 7.92. The van der Waals surface area contributed by atoms with Gasteiger partial charge in [0.05, 0.1) is 46.8 Å².